The van der Waals surface area contributed by atoms with Gasteiger partial charge in [-0.3, -0.25) is 4.90 Å². The van der Waals surface area contributed by atoms with Crippen LogP contribution in [0.3, 0.4) is 0 Å². The molecule has 0 spiro atoms. The summed E-state index contributed by atoms with van der Waals surface area (Å²) in [4.78, 5) is 2.52. The number of nitrogens with one attached hydrogen (secondary N) is 1. The maximum absolute atomic E-state index is 3.46. The third-order valence-corrected chi connectivity index (χ3v) is 2.21. The minimum Gasteiger partial charge on any atom is -0.302 e. The topological polar surface area (TPSA) is 15.3 Å². The molecule has 0 aromatic heterocycles. The predicted molar refractivity (Wildman–Crippen MR) is 64.5 cm³/mol. The zero-order valence-corrected chi connectivity index (χ0v) is 10.6. The third-order valence-electron chi connectivity index (χ3n) is 2.21. The summed E-state index contributed by atoms with van der Waals surface area (Å²) in [5.41, 5.74) is 0. The molecular weight excluding hydrogens is 172 g/mol. The van der Waals surface area contributed by atoms with Crippen molar-refractivity contribution < 1.29 is 0 Å². The molecule has 1 aliphatic rings. The zero-order valence-electron chi connectivity index (χ0n) is 10.6. The van der Waals surface area contributed by atoms with Gasteiger partial charge in [-0.15, -0.1) is 0 Å². The van der Waals surface area contributed by atoms with Crippen molar-refractivity contribution in [3.8, 4) is 0 Å². The van der Waals surface area contributed by atoms with Crippen molar-refractivity contribution in [2.75, 3.05) is 19.6 Å². The molecule has 14 heavy (non-hydrogen) atoms. The Hall–Kier alpha value is -0.0800. The lowest BCUT2D eigenvalue weighted by molar-refractivity contribution is 0.128. The van der Waals surface area contributed by atoms with Crippen molar-refractivity contribution in [1.82, 2.24) is 10.2 Å². The molecule has 1 heterocycles. The monoisotopic (exact) mass is 200 g/mol. The van der Waals surface area contributed by atoms with Gasteiger partial charge in [-0.1, -0.05) is 34.1 Å². The van der Waals surface area contributed by atoms with E-state index < -0.39 is 0 Å². The molecule has 1 atom stereocenters. The standard InChI is InChI=1S/C9H20N2.C3H8/c1-8(2)7-11-6-4-5-10-9(11)3;1-3-2/h8-10H,4-7H2,1-3H3;3H2,1-2H3. The first-order valence-electron chi connectivity index (χ1n) is 6.09. The fraction of sp³-hybridized carbons (Fsp3) is 1.00. The first kappa shape index (κ1) is 13.9. The highest BCUT2D eigenvalue weighted by atomic mass is 15.3. The number of hydrogen-bond donors (Lipinski definition) is 1. The van der Waals surface area contributed by atoms with E-state index in [0.717, 1.165) is 5.92 Å². The number of hydrogen-bond acceptors (Lipinski definition) is 2. The number of nitrogens with zero attached hydrogens (tertiary/aromatic N) is 1. The second-order valence-electron chi connectivity index (χ2n) is 4.58. The smallest absolute Gasteiger partial charge is 0.0568 e. The zero-order chi connectivity index (χ0) is 11.0. The molecule has 0 amide bonds. The van der Waals surface area contributed by atoms with Gasteiger partial charge in [-0.2, -0.15) is 0 Å². The highest BCUT2D eigenvalue weighted by Gasteiger charge is 2.17. The van der Waals surface area contributed by atoms with Crippen LogP contribution in [0.1, 0.15) is 47.5 Å². The minimum absolute atomic E-state index is 0.589. The third kappa shape index (κ3) is 6.39. The largest absolute Gasteiger partial charge is 0.302 e. The summed E-state index contributed by atoms with van der Waals surface area (Å²) in [5, 5.41) is 3.46. The van der Waals surface area contributed by atoms with Crippen molar-refractivity contribution in [1.29, 1.82) is 0 Å². The highest BCUT2D eigenvalue weighted by Crippen LogP contribution is 2.06. The maximum Gasteiger partial charge on any atom is 0.0568 e. The van der Waals surface area contributed by atoms with Crippen LogP contribution in [-0.4, -0.2) is 30.7 Å². The van der Waals surface area contributed by atoms with Gasteiger partial charge in [0, 0.05) is 13.1 Å². The van der Waals surface area contributed by atoms with Gasteiger partial charge >= 0.3 is 0 Å². The van der Waals surface area contributed by atoms with Gasteiger partial charge < -0.3 is 5.32 Å². The summed E-state index contributed by atoms with van der Waals surface area (Å²) in [5.74, 6) is 0.789. The van der Waals surface area contributed by atoms with Gasteiger partial charge in [0.05, 0.1) is 6.17 Å². The van der Waals surface area contributed by atoms with Crippen LogP contribution in [0.15, 0.2) is 0 Å². The van der Waals surface area contributed by atoms with E-state index in [-0.39, 0.29) is 0 Å². The second kappa shape index (κ2) is 8.25. The highest BCUT2D eigenvalue weighted by molar-refractivity contribution is 4.72. The lowest BCUT2D eigenvalue weighted by atomic mass is 10.1. The van der Waals surface area contributed by atoms with Crippen LogP contribution in [-0.2, 0) is 0 Å². The van der Waals surface area contributed by atoms with Gasteiger partial charge in [0.1, 0.15) is 0 Å². The van der Waals surface area contributed by atoms with Crippen LogP contribution in [0.4, 0.5) is 0 Å². The summed E-state index contributed by atoms with van der Waals surface area (Å²) >= 11 is 0. The number of rotatable bonds is 2. The lowest BCUT2D eigenvalue weighted by Crippen LogP contribution is -2.50. The van der Waals surface area contributed by atoms with Gasteiger partial charge in [-0.05, 0) is 25.8 Å². The van der Waals surface area contributed by atoms with Crippen molar-refractivity contribution in [2.24, 2.45) is 5.92 Å². The Morgan fingerprint density at radius 2 is 1.93 bits per heavy atom. The second-order valence-corrected chi connectivity index (χ2v) is 4.58. The molecule has 1 fully saturated rings. The van der Waals surface area contributed by atoms with Crippen molar-refractivity contribution in [3.05, 3.63) is 0 Å². The quantitative estimate of drug-likeness (QED) is 0.737. The molecule has 2 heteroatoms. The van der Waals surface area contributed by atoms with Gasteiger partial charge in [0.2, 0.25) is 0 Å². The Kier molecular flexibility index (Phi) is 8.20. The molecule has 0 aliphatic carbocycles. The molecule has 86 valence electrons. The summed E-state index contributed by atoms with van der Waals surface area (Å²) in [6, 6.07) is 0. The molecular formula is C12H28N2. The van der Waals surface area contributed by atoms with Crippen LogP contribution in [0.25, 0.3) is 0 Å². The van der Waals surface area contributed by atoms with Gasteiger partial charge in [0.15, 0.2) is 0 Å². The fourth-order valence-corrected chi connectivity index (χ4v) is 1.63. The first-order chi connectivity index (χ1) is 6.61. The lowest BCUT2D eigenvalue weighted by Gasteiger charge is -2.35. The molecule has 1 saturated heterocycles. The molecule has 0 radical (unpaired) electrons. The molecule has 1 rings (SSSR count). The first-order valence-corrected chi connectivity index (χ1v) is 6.09. The van der Waals surface area contributed by atoms with E-state index >= 15 is 0 Å². The minimum atomic E-state index is 0.589. The van der Waals surface area contributed by atoms with Crippen molar-refractivity contribution in [2.45, 2.75) is 53.6 Å². The molecule has 2 nitrogen and oxygen atoms in total. The molecule has 0 aromatic carbocycles. The fourth-order valence-electron chi connectivity index (χ4n) is 1.63. The molecule has 1 aliphatic heterocycles. The van der Waals surface area contributed by atoms with E-state index in [9.17, 15) is 0 Å². The summed E-state index contributed by atoms with van der Waals surface area (Å²) in [7, 11) is 0. The van der Waals surface area contributed by atoms with E-state index in [4.69, 9.17) is 0 Å². The molecule has 1 unspecified atom stereocenters. The Morgan fingerprint density at radius 1 is 1.36 bits per heavy atom. The summed E-state index contributed by atoms with van der Waals surface area (Å²) in [6.45, 7) is 14.8. The van der Waals surface area contributed by atoms with Crippen LogP contribution >= 0.6 is 0 Å². The summed E-state index contributed by atoms with van der Waals surface area (Å²) < 4.78 is 0. The summed E-state index contributed by atoms with van der Waals surface area (Å²) in [6.07, 6.45) is 3.14. The normalized spacial score (nSPS) is 23.1. The van der Waals surface area contributed by atoms with Crippen LogP contribution < -0.4 is 5.32 Å². The SMILES string of the molecule is CC(C)CN1CCCNC1C.CCC. The van der Waals surface area contributed by atoms with Gasteiger partial charge in [-0.25, -0.2) is 0 Å². The predicted octanol–water partition coefficient (Wildman–Crippen LogP) is 2.70. The van der Waals surface area contributed by atoms with Crippen molar-refractivity contribution >= 4 is 0 Å². The average molecular weight is 200 g/mol. The Balaban J connectivity index is 0.000000500. The van der Waals surface area contributed by atoms with E-state index in [1.54, 1.807) is 0 Å². The van der Waals surface area contributed by atoms with Crippen LogP contribution in [0.5, 0.6) is 0 Å². The average Bonchev–Trinajstić information content (AvgIpc) is 2.09. The van der Waals surface area contributed by atoms with E-state index in [0.29, 0.717) is 6.17 Å². The van der Waals surface area contributed by atoms with E-state index in [1.165, 1.54) is 32.5 Å². The molecule has 1 N–H and O–H groups in total. The van der Waals surface area contributed by atoms with E-state index in [2.05, 4.69) is 44.8 Å². The Bertz CT molecular complexity index is 123. The van der Waals surface area contributed by atoms with Crippen molar-refractivity contribution in [3.63, 3.8) is 0 Å². The Labute approximate surface area is 90.1 Å². The Morgan fingerprint density at radius 3 is 2.36 bits per heavy atom. The molecule has 0 bridgehead atoms. The van der Waals surface area contributed by atoms with Crippen LogP contribution in [0.2, 0.25) is 0 Å². The van der Waals surface area contributed by atoms with E-state index in [1.807, 2.05) is 0 Å². The van der Waals surface area contributed by atoms with Crippen LogP contribution in [0, 0.1) is 5.92 Å². The van der Waals surface area contributed by atoms with Gasteiger partial charge in [0.25, 0.3) is 0 Å². The maximum atomic E-state index is 3.46. The molecule has 0 aromatic rings. The molecule has 0 saturated carbocycles.